The second-order valence-electron chi connectivity index (χ2n) is 8.00. The van der Waals surface area contributed by atoms with Gasteiger partial charge < -0.3 is 9.84 Å². The van der Waals surface area contributed by atoms with Crippen LogP contribution in [-0.4, -0.2) is 43.2 Å². The summed E-state index contributed by atoms with van der Waals surface area (Å²) in [4.78, 5) is 10.6. The second kappa shape index (κ2) is 10.2. The summed E-state index contributed by atoms with van der Waals surface area (Å²) in [5, 5.41) is 8.68. The SMILES string of the molecule is O=C(O)CCCC=CC[C@@H]1[C@H](CS(=O)(=O)CC=Cc2ccccc2)[C@@H]2CC[C@H]1O2. The molecule has 6 heteroatoms. The summed E-state index contributed by atoms with van der Waals surface area (Å²) < 4.78 is 31.4. The van der Waals surface area contributed by atoms with E-state index in [1.54, 1.807) is 6.08 Å². The van der Waals surface area contributed by atoms with Gasteiger partial charge in [0.1, 0.15) is 0 Å². The summed E-state index contributed by atoms with van der Waals surface area (Å²) in [6, 6.07) is 9.70. The average molecular weight is 419 g/mol. The average Bonchev–Trinajstić information content (AvgIpc) is 3.27. The number of sulfone groups is 1. The number of allylic oxidation sites excluding steroid dienone is 2. The van der Waals surface area contributed by atoms with Gasteiger partial charge in [-0.25, -0.2) is 8.42 Å². The first-order valence-corrected chi connectivity index (χ1v) is 12.2. The Morgan fingerprint density at radius 3 is 2.52 bits per heavy atom. The lowest BCUT2D eigenvalue weighted by Crippen LogP contribution is -2.33. The van der Waals surface area contributed by atoms with Crippen molar-refractivity contribution in [1.29, 1.82) is 0 Å². The van der Waals surface area contributed by atoms with Gasteiger partial charge in [0.2, 0.25) is 0 Å². The first-order chi connectivity index (χ1) is 13.9. The highest BCUT2D eigenvalue weighted by Gasteiger charge is 2.49. The van der Waals surface area contributed by atoms with Crippen LogP contribution in [0.25, 0.3) is 6.08 Å². The molecule has 4 atom stereocenters. The van der Waals surface area contributed by atoms with Gasteiger partial charge in [0.05, 0.1) is 23.7 Å². The van der Waals surface area contributed by atoms with E-state index in [9.17, 15) is 13.2 Å². The molecular formula is C23H30O5S. The zero-order valence-electron chi connectivity index (χ0n) is 16.7. The predicted octanol–water partition coefficient (Wildman–Crippen LogP) is 4.11. The number of unbranched alkanes of at least 4 members (excludes halogenated alkanes) is 1. The highest BCUT2D eigenvalue weighted by Crippen LogP contribution is 2.45. The van der Waals surface area contributed by atoms with Crippen molar-refractivity contribution in [1.82, 2.24) is 0 Å². The van der Waals surface area contributed by atoms with E-state index in [0.29, 0.717) is 6.42 Å². The third kappa shape index (κ3) is 6.54. The summed E-state index contributed by atoms with van der Waals surface area (Å²) in [6.07, 6.45) is 12.2. The molecule has 2 heterocycles. The zero-order chi connectivity index (χ0) is 20.7. The van der Waals surface area contributed by atoms with Crippen LogP contribution < -0.4 is 0 Å². The number of hydrogen-bond donors (Lipinski definition) is 1. The normalized spacial score (nSPS) is 26.6. The number of rotatable bonds is 11. The summed E-state index contributed by atoms with van der Waals surface area (Å²) in [5.74, 6) is -0.269. The minimum Gasteiger partial charge on any atom is -0.481 e. The molecule has 0 unspecified atom stereocenters. The minimum atomic E-state index is -3.20. The van der Waals surface area contributed by atoms with Gasteiger partial charge in [-0.05, 0) is 43.6 Å². The van der Waals surface area contributed by atoms with Gasteiger partial charge in [-0.2, -0.15) is 0 Å². The maximum Gasteiger partial charge on any atom is 0.303 e. The van der Waals surface area contributed by atoms with E-state index in [4.69, 9.17) is 9.84 Å². The number of carboxylic acids is 1. The van der Waals surface area contributed by atoms with Gasteiger partial charge in [0, 0.05) is 12.3 Å². The summed E-state index contributed by atoms with van der Waals surface area (Å²) in [7, 11) is -3.20. The van der Waals surface area contributed by atoms with E-state index in [1.165, 1.54) is 0 Å². The fraction of sp³-hybridized carbons (Fsp3) is 0.522. The Labute approximate surface area is 173 Å². The summed E-state index contributed by atoms with van der Waals surface area (Å²) >= 11 is 0. The first-order valence-electron chi connectivity index (χ1n) is 10.4. The minimum absolute atomic E-state index is 0.0487. The van der Waals surface area contributed by atoms with Crippen molar-refractivity contribution in [2.75, 3.05) is 11.5 Å². The van der Waals surface area contributed by atoms with Crippen molar-refractivity contribution in [2.45, 2.75) is 50.7 Å². The molecule has 1 aromatic rings. The molecule has 1 N–H and O–H groups in total. The molecule has 158 valence electrons. The highest BCUT2D eigenvalue weighted by molar-refractivity contribution is 7.91. The summed E-state index contributed by atoms with van der Waals surface area (Å²) in [5.41, 5.74) is 0.997. The van der Waals surface area contributed by atoms with E-state index in [2.05, 4.69) is 6.08 Å². The van der Waals surface area contributed by atoms with Gasteiger partial charge >= 0.3 is 5.97 Å². The Bertz CT molecular complexity index is 828. The van der Waals surface area contributed by atoms with Crippen LogP contribution in [0.4, 0.5) is 0 Å². The standard InChI is InChI=1S/C23H30O5S/c24-23(25)13-7-2-1-6-12-19-20(22-15-14-21(19)28-22)17-29(26,27)16-8-11-18-9-4-3-5-10-18/h1,3-6,8-11,19-22H,2,7,12-17H2,(H,24,25)/t19-,20+,21-,22+/m1/s1. The van der Waals surface area contributed by atoms with Gasteiger partial charge in [-0.15, -0.1) is 0 Å². The molecule has 3 rings (SSSR count). The van der Waals surface area contributed by atoms with Crippen LogP contribution in [0.5, 0.6) is 0 Å². The molecule has 29 heavy (non-hydrogen) atoms. The summed E-state index contributed by atoms with van der Waals surface area (Å²) in [6.45, 7) is 0. The van der Waals surface area contributed by atoms with Gasteiger partial charge in [0.15, 0.2) is 9.84 Å². The number of carbonyl (C=O) groups is 1. The molecule has 2 fully saturated rings. The lowest BCUT2D eigenvalue weighted by Gasteiger charge is -2.26. The Morgan fingerprint density at radius 2 is 1.79 bits per heavy atom. The number of aliphatic carboxylic acids is 1. The third-order valence-corrected chi connectivity index (χ3v) is 7.43. The van der Waals surface area contributed by atoms with Crippen molar-refractivity contribution in [3.05, 3.63) is 54.1 Å². The highest BCUT2D eigenvalue weighted by atomic mass is 32.2. The molecule has 1 aromatic carbocycles. The van der Waals surface area contributed by atoms with Crippen LogP contribution in [0.1, 0.15) is 44.1 Å². The Hall–Kier alpha value is -1.92. The predicted molar refractivity (Wildman–Crippen MR) is 114 cm³/mol. The smallest absolute Gasteiger partial charge is 0.303 e. The van der Waals surface area contributed by atoms with Crippen LogP contribution in [-0.2, 0) is 19.4 Å². The van der Waals surface area contributed by atoms with Crippen LogP contribution in [0.2, 0.25) is 0 Å². The number of hydrogen-bond acceptors (Lipinski definition) is 4. The second-order valence-corrected chi connectivity index (χ2v) is 10.2. The number of benzene rings is 1. The van der Waals surface area contributed by atoms with E-state index in [-0.39, 0.29) is 42.0 Å². The Kier molecular flexibility index (Phi) is 7.67. The van der Waals surface area contributed by atoms with Crippen molar-refractivity contribution < 1.29 is 23.1 Å². The van der Waals surface area contributed by atoms with Crippen LogP contribution in [0.3, 0.4) is 0 Å². The molecule has 0 amide bonds. The van der Waals surface area contributed by atoms with Crippen molar-refractivity contribution in [2.24, 2.45) is 11.8 Å². The largest absolute Gasteiger partial charge is 0.481 e. The fourth-order valence-electron chi connectivity index (χ4n) is 4.43. The van der Waals surface area contributed by atoms with Crippen molar-refractivity contribution in [3.8, 4) is 0 Å². The molecule has 5 nitrogen and oxygen atoms in total. The Balaban J connectivity index is 1.52. The molecule has 0 saturated carbocycles. The van der Waals surface area contributed by atoms with E-state index in [0.717, 1.165) is 31.2 Å². The topological polar surface area (TPSA) is 80.7 Å². The molecule has 0 aliphatic carbocycles. The molecule has 0 spiro atoms. The van der Waals surface area contributed by atoms with Gasteiger partial charge in [0.25, 0.3) is 0 Å². The first kappa shape index (κ1) is 21.8. The molecule has 2 aliphatic rings. The number of ether oxygens (including phenoxy) is 1. The number of carboxylic acid groups (broad SMARTS) is 1. The molecular weight excluding hydrogens is 388 g/mol. The van der Waals surface area contributed by atoms with Crippen LogP contribution in [0, 0.1) is 11.8 Å². The van der Waals surface area contributed by atoms with Gasteiger partial charge in [-0.3, -0.25) is 4.79 Å². The monoisotopic (exact) mass is 418 g/mol. The Morgan fingerprint density at radius 1 is 1.07 bits per heavy atom. The van der Waals surface area contributed by atoms with Gasteiger partial charge in [-0.1, -0.05) is 54.6 Å². The number of fused-ring (bicyclic) bond motifs is 2. The van der Waals surface area contributed by atoms with Crippen LogP contribution >= 0.6 is 0 Å². The molecule has 0 aromatic heterocycles. The van der Waals surface area contributed by atoms with E-state index >= 15 is 0 Å². The lowest BCUT2D eigenvalue weighted by molar-refractivity contribution is -0.137. The molecule has 0 radical (unpaired) electrons. The van der Waals surface area contributed by atoms with E-state index in [1.807, 2.05) is 42.5 Å². The maximum atomic E-state index is 12.7. The maximum absolute atomic E-state index is 12.7. The zero-order valence-corrected chi connectivity index (χ0v) is 17.5. The molecule has 2 saturated heterocycles. The quantitative estimate of drug-likeness (QED) is 0.432. The van der Waals surface area contributed by atoms with E-state index < -0.39 is 15.8 Å². The van der Waals surface area contributed by atoms with Crippen LogP contribution in [0.15, 0.2) is 48.6 Å². The fourth-order valence-corrected chi connectivity index (χ4v) is 6.00. The third-order valence-electron chi connectivity index (χ3n) is 5.83. The lowest BCUT2D eigenvalue weighted by atomic mass is 9.78. The van der Waals surface area contributed by atoms with Crippen molar-refractivity contribution in [3.63, 3.8) is 0 Å². The molecule has 2 aliphatic heterocycles. The molecule has 2 bridgehead atoms. The van der Waals surface area contributed by atoms with Crippen molar-refractivity contribution >= 4 is 21.9 Å².